The quantitative estimate of drug-likeness (QED) is 0.591. The van der Waals surface area contributed by atoms with Gasteiger partial charge in [-0.25, -0.2) is 9.59 Å². The van der Waals surface area contributed by atoms with Crippen molar-refractivity contribution in [2.24, 2.45) is 5.73 Å². The smallest absolute Gasteiger partial charge is 0.404 e. The van der Waals surface area contributed by atoms with Crippen molar-refractivity contribution in [3.8, 4) is 0 Å². The molecule has 2 heterocycles. The van der Waals surface area contributed by atoms with E-state index in [-0.39, 0.29) is 29.5 Å². The van der Waals surface area contributed by atoms with Crippen LogP contribution in [0.5, 0.6) is 0 Å². The number of hydrogen-bond donors (Lipinski definition) is 3. The number of hydrogen-bond acceptors (Lipinski definition) is 6. The van der Waals surface area contributed by atoms with Gasteiger partial charge in [0.1, 0.15) is 17.2 Å². The van der Waals surface area contributed by atoms with Gasteiger partial charge in [0.05, 0.1) is 17.4 Å². The van der Waals surface area contributed by atoms with Crippen LogP contribution in [0.25, 0.3) is 0 Å². The van der Waals surface area contributed by atoms with Crippen LogP contribution in [0.1, 0.15) is 13.3 Å². The monoisotopic (exact) mass is 288 g/mol. The first-order chi connectivity index (χ1) is 8.79. The van der Waals surface area contributed by atoms with Crippen molar-refractivity contribution in [1.29, 1.82) is 0 Å². The Morgan fingerprint density at radius 2 is 2.26 bits per heavy atom. The van der Waals surface area contributed by atoms with Gasteiger partial charge in [0.2, 0.25) is 5.91 Å². The molecule has 4 N–H and O–H groups in total. The minimum absolute atomic E-state index is 0.0339. The van der Waals surface area contributed by atoms with Crippen LogP contribution in [0.2, 0.25) is 0 Å². The summed E-state index contributed by atoms with van der Waals surface area (Å²) in [5, 5.41) is 18.9. The van der Waals surface area contributed by atoms with Gasteiger partial charge in [-0.2, -0.15) is 0 Å². The second-order valence-corrected chi connectivity index (χ2v) is 5.62. The summed E-state index contributed by atoms with van der Waals surface area (Å²) in [6, 6.07) is 0. The summed E-state index contributed by atoms with van der Waals surface area (Å²) in [6.07, 6.45) is -1.92. The van der Waals surface area contributed by atoms with E-state index in [9.17, 15) is 19.5 Å². The summed E-state index contributed by atoms with van der Waals surface area (Å²) in [6.45, 7) is 1.14. The largest absolute Gasteiger partial charge is 0.477 e. The molecule has 0 bridgehead atoms. The number of aliphatic hydroxyl groups excluding tert-OH is 1. The van der Waals surface area contributed by atoms with Crippen LogP contribution in [0.4, 0.5) is 4.79 Å². The third-order valence-corrected chi connectivity index (χ3v) is 4.60. The van der Waals surface area contributed by atoms with Gasteiger partial charge in [0, 0.05) is 0 Å². The minimum atomic E-state index is -1.31. The molecule has 9 heteroatoms. The number of ether oxygens (including phenoxy) is 1. The number of primary amides is 1. The molecule has 19 heavy (non-hydrogen) atoms. The number of carboxylic acid groups (broad SMARTS) is 1. The molecule has 1 saturated heterocycles. The van der Waals surface area contributed by atoms with Crippen LogP contribution >= 0.6 is 11.8 Å². The first-order valence-electron chi connectivity index (χ1n) is 5.38. The van der Waals surface area contributed by atoms with Gasteiger partial charge in [-0.05, 0) is 6.92 Å². The van der Waals surface area contributed by atoms with Crippen LogP contribution < -0.4 is 5.73 Å². The van der Waals surface area contributed by atoms with Gasteiger partial charge in [0.25, 0.3) is 0 Å². The highest BCUT2D eigenvalue weighted by Gasteiger charge is 2.62. The molecule has 0 aromatic rings. The zero-order valence-electron chi connectivity index (χ0n) is 9.95. The molecular formula is C10H12N2O6S. The summed E-state index contributed by atoms with van der Waals surface area (Å²) in [5.74, 6) is -1.70. The fraction of sp³-hybridized carbons (Fsp3) is 0.500. The molecule has 1 unspecified atom stereocenters. The van der Waals surface area contributed by atoms with Crippen molar-refractivity contribution in [2.45, 2.75) is 24.3 Å². The van der Waals surface area contributed by atoms with Crippen molar-refractivity contribution in [2.75, 3.05) is 6.61 Å². The molecule has 1 fully saturated rings. The number of β-lactam (4-membered cyclic amide) rings is 1. The van der Waals surface area contributed by atoms with Crippen molar-refractivity contribution in [1.82, 2.24) is 4.90 Å². The second-order valence-electron chi connectivity index (χ2n) is 4.21. The van der Waals surface area contributed by atoms with Crippen LogP contribution in [0.15, 0.2) is 10.6 Å². The Morgan fingerprint density at radius 3 is 2.68 bits per heavy atom. The van der Waals surface area contributed by atoms with Crippen molar-refractivity contribution >= 4 is 29.7 Å². The molecule has 0 saturated carbocycles. The molecule has 2 aliphatic heterocycles. The summed E-state index contributed by atoms with van der Waals surface area (Å²) in [5.41, 5.74) is 4.57. The Hall–Kier alpha value is -1.74. The van der Waals surface area contributed by atoms with E-state index in [4.69, 9.17) is 10.8 Å². The highest BCUT2D eigenvalue weighted by molar-refractivity contribution is 8.04. The van der Waals surface area contributed by atoms with Crippen molar-refractivity contribution in [3.05, 3.63) is 10.6 Å². The molecular weight excluding hydrogens is 276 g/mol. The molecule has 2 aliphatic rings. The number of carbonyl (C=O) groups is 3. The average molecular weight is 288 g/mol. The van der Waals surface area contributed by atoms with Gasteiger partial charge in [-0.1, -0.05) is 11.8 Å². The number of carbonyl (C=O) groups excluding carboxylic acids is 2. The maximum absolute atomic E-state index is 11.6. The van der Waals surface area contributed by atoms with Crippen LogP contribution in [0.3, 0.4) is 0 Å². The van der Waals surface area contributed by atoms with E-state index in [1.807, 2.05) is 0 Å². The minimum Gasteiger partial charge on any atom is -0.477 e. The molecule has 0 aromatic carbocycles. The SMILES string of the molecule is CC(O)[C@@]12CC(=O)N1C(C(=O)O)=C(COC(N)=O)S2. The molecule has 2 amide bonds. The van der Waals surface area contributed by atoms with Crippen molar-refractivity contribution < 1.29 is 29.3 Å². The van der Waals surface area contributed by atoms with Gasteiger partial charge in [-0.3, -0.25) is 9.69 Å². The van der Waals surface area contributed by atoms with E-state index in [0.29, 0.717) is 0 Å². The lowest BCUT2D eigenvalue weighted by Crippen LogP contribution is -2.64. The third-order valence-electron chi connectivity index (χ3n) is 3.02. The zero-order chi connectivity index (χ0) is 14.4. The highest BCUT2D eigenvalue weighted by Crippen LogP contribution is 2.56. The van der Waals surface area contributed by atoms with E-state index < -0.39 is 23.0 Å². The fourth-order valence-electron chi connectivity index (χ4n) is 2.15. The lowest BCUT2D eigenvalue weighted by molar-refractivity contribution is -0.155. The van der Waals surface area contributed by atoms with E-state index in [0.717, 1.165) is 16.7 Å². The normalized spacial score (nSPS) is 26.8. The zero-order valence-corrected chi connectivity index (χ0v) is 10.8. The predicted molar refractivity (Wildman–Crippen MR) is 63.7 cm³/mol. The number of nitrogens with two attached hydrogens (primary N) is 1. The van der Waals surface area contributed by atoms with Gasteiger partial charge in [-0.15, -0.1) is 0 Å². The predicted octanol–water partition coefficient (Wildman–Crippen LogP) is -0.566. The van der Waals surface area contributed by atoms with Crippen LogP contribution in [0, 0.1) is 0 Å². The van der Waals surface area contributed by atoms with Gasteiger partial charge in [0.15, 0.2) is 0 Å². The molecule has 2 atom stereocenters. The Kier molecular flexibility index (Phi) is 3.19. The van der Waals surface area contributed by atoms with E-state index >= 15 is 0 Å². The van der Waals surface area contributed by atoms with Gasteiger partial charge < -0.3 is 20.7 Å². The fourth-order valence-corrected chi connectivity index (χ4v) is 3.62. The number of fused-ring (bicyclic) bond motifs is 1. The maximum atomic E-state index is 11.6. The highest BCUT2D eigenvalue weighted by atomic mass is 32.2. The Bertz CT molecular complexity index is 502. The second kappa shape index (κ2) is 4.42. The molecule has 8 nitrogen and oxygen atoms in total. The summed E-state index contributed by atoms with van der Waals surface area (Å²) < 4.78 is 4.57. The maximum Gasteiger partial charge on any atom is 0.404 e. The Labute approximate surface area is 112 Å². The standard InChI is InChI=1S/C10H12N2O6S/c1-4(13)10-2-6(14)12(10)7(8(15)16)5(19-10)3-18-9(11)17/h4,13H,2-3H2,1H3,(H2,11,17)(H,15,16)/t4?,10-/m0/s1. The number of carboxylic acids is 1. The van der Waals surface area contributed by atoms with Gasteiger partial charge >= 0.3 is 12.1 Å². The molecule has 0 spiro atoms. The first-order valence-corrected chi connectivity index (χ1v) is 6.20. The summed E-state index contributed by atoms with van der Waals surface area (Å²) in [4.78, 5) is 33.6. The average Bonchev–Trinajstić information content (AvgIpc) is 2.56. The number of aliphatic carboxylic acids is 1. The third kappa shape index (κ3) is 1.94. The summed E-state index contributed by atoms with van der Waals surface area (Å²) >= 11 is 1.02. The van der Waals surface area contributed by atoms with Crippen LogP contribution in [-0.4, -0.2) is 50.7 Å². The lowest BCUT2D eigenvalue weighted by Gasteiger charge is -2.48. The van der Waals surface area contributed by atoms with E-state index in [1.54, 1.807) is 0 Å². The number of thioether (sulfide) groups is 1. The molecule has 0 radical (unpaired) electrons. The Balaban J connectivity index is 2.33. The topological polar surface area (TPSA) is 130 Å². The summed E-state index contributed by atoms with van der Waals surface area (Å²) in [7, 11) is 0. The number of nitrogens with zero attached hydrogens (tertiary/aromatic N) is 1. The number of aliphatic hydroxyl groups is 1. The molecule has 2 rings (SSSR count). The lowest BCUT2D eigenvalue weighted by atomic mass is 9.95. The van der Waals surface area contributed by atoms with E-state index in [2.05, 4.69) is 4.74 Å². The number of amides is 2. The van der Waals surface area contributed by atoms with Crippen molar-refractivity contribution in [3.63, 3.8) is 0 Å². The van der Waals surface area contributed by atoms with Crippen LogP contribution in [-0.2, 0) is 14.3 Å². The molecule has 0 aromatic heterocycles. The Morgan fingerprint density at radius 1 is 1.63 bits per heavy atom. The molecule has 0 aliphatic carbocycles. The first kappa shape index (κ1) is 13.7. The molecule has 104 valence electrons. The number of rotatable bonds is 4. The van der Waals surface area contributed by atoms with E-state index in [1.165, 1.54) is 6.92 Å².